The van der Waals surface area contributed by atoms with E-state index in [0.717, 1.165) is 48.5 Å². The largest absolute Gasteiger partial charge is 0.491 e. The van der Waals surface area contributed by atoms with E-state index in [1.54, 1.807) is 30.3 Å². The third kappa shape index (κ3) is 5.77. The Bertz CT molecular complexity index is 2070. The van der Waals surface area contributed by atoms with Crippen LogP contribution in [-0.2, 0) is 11.3 Å². The Kier molecular flexibility index (Phi) is 7.61. The minimum Gasteiger partial charge on any atom is -0.440 e. The van der Waals surface area contributed by atoms with E-state index in [1.807, 2.05) is 48.5 Å². The van der Waals surface area contributed by atoms with Crippen molar-refractivity contribution < 1.29 is 27.1 Å². The molecule has 11 heteroatoms. The zero-order valence-electron chi connectivity index (χ0n) is 24.4. The van der Waals surface area contributed by atoms with E-state index in [1.165, 1.54) is 12.3 Å². The summed E-state index contributed by atoms with van der Waals surface area (Å²) >= 11 is 0. The highest BCUT2D eigenvalue weighted by atomic mass is 19.4. The van der Waals surface area contributed by atoms with Gasteiger partial charge < -0.3 is 14.1 Å². The standard InChI is InChI=1S/C35H27F3N4O4/c36-35(37,38)34(44)46-31-28(22-6-2-1-3-7-22)30(40-26-14-17-39-32(43)29(26)31)23-12-10-21(11-13-23)20-42-18-15-24(16-19-42)33-41-25-8-4-5-9-27(25)45-33/h1-14,17,24H,15-16,18-20H2,(H,39,43). The number of hydrogen-bond acceptors (Lipinski definition) is 7. The van der Waals surface area contributed by atoms with Gasteiger partial charge in [0, 0.05) is 24.2 Å². The van der Waals surface area contributed by atoms with Crippen molar-refractivity contribution in [3.63, 3.8) is 0 Å². The molecule has 0 radical (unpaired) electrons. The normalized spacial score (nSPS) is 14.6. The lowest BCUT2D eigenvalue weighted by Gasteiger charge is -2.30. The van der Waals surface area contributed by atoms with Gasteiger partial charge in [0.05, 0.1) is 16.8 Å². The van der Waals surface area contributed by atoms with E-state index in [4.69, 9.17) is 14.1 Å². The average Bonchev–Trinajstić information content (AvgIpc) is 3.50. The van der Waals surface area contributed by atoms with Crippen LogP contribution in [0, 0.1) is 0 Å². The molecule has 0 saturated carbocycles. The van der Waals surface area contributed by atoms with Gasteiger partial charge in [0.1, 0.15) is 10.9 Å². The first kappa shape index (κ1) is 29.4. The molecule has 1 saturated heterocycles. The van der Waals surface area contributed by atoms with Crippen molar-refractivity contribution in [3.05, 3.63) is 113 Å². The van der Waals surface area contributed by atoms with Crippen molar-refractivity contribution in [2.45, 2.75) is 31.5 Å². The van der Waals surface area contributed by atoms with Gasteiger partial charge in [-0.1, -0.05) is 66.7 Å². The van der Waals surface area contributed by atoms with Crippen LogP contribution < -0.4 is 10.3 Å². The van der Waals surface area contributed by atoms with Gasteiger partial charge in [-0.2, -0.15) is 13.2 Å². The second kappa shape index (κ2) is 11.9. The topological polar surface area (TPSA) is 101 Å². The highest BCUT2D eigenvalue weighted by molar-refractivity contribution is 6.00. The summed E-state index contributed by atoms with van der Waals surface area (Å²) in [6.07, 6.45) is -2.09. The fraction of sp³-hybridized carbons (Fsp3) is 0.200. The number of aromatic amines is 1. The summed E-state index contributed by atoms with van der Waals surface area (Å²) in [6, 6.07) is 25.3. The third-order valence-corrected chi connectivity index (χ3v) is 8.23. The first-order chi connectivity index (χ1) is 22.2. The van der Waals surface area contributed by atoms with E-state index in [2.05, 4.69) is 14.9 Å². The van der Waals surface area contributed by atoms with Crippen LogP contribution in [0.3, 0.4) is 0 Å². The molecule has 1 N–H and O–H groups in total. The number of piperidine rings is 1. The molecule has 46 heavy (non-hydrogen) atoms. The Morgan fingerprint density at radius 2 is 1.61 bits per heavy atom. The second-order valence-corrected chi connectivity index (χ2v) is 11.3. The van der Waals surface area contributed by atoms with Crippen LogP contribution in [0.25, 0.3) is 44.4 Å². The number of nitrogens with one attached hydrogen (secondary N) is 1. The molecule has 4 heterocycles. The molecule has 1 aliphatic rings. The zero-order valence-corrected chi connectivity index (χ0v) is 24.4. The number of carbonyl (C=O) groups is 1. The Morgan fingerprint density at radius 1 is 0.891 bits per heavy atom. The van der Waals surface area contributed by atoms with Crippen LogP contribution in [0.1, 0.15) is 30.2 Å². The van der Waals surface area contributed by atoms with Gasteiger partial charge >= 0.3 is 12.1 Å². The summed E-state index contributed by atoms with van der Waals surface area (Å²) < 4.78 is 51.1. The number of halogens is 3. The molecular formula is C35H27F3N4O4. The summed E-state index contributed by atoms with van der Waals surface area (Å²) in [5.41, 5.74) is 3.49. The number of ether oxygens (including phenoxy) is 1. The molecule has 0 spiro atoms. The number of rotatable bonds is 6. The maximum absolute atomic E-state index is 13.4. The number of alkyl halides is 3. The van der Waals surface area contributed by atoms with Crippen LogP contribution in [0.4, 0.5) is 13.2 Å². The van der Waals surface area contributed by atoms with Crippen molar-refractivity contribution in [2.24, 2.45) is 0 Å². The Balaban J connectivity index is 1.18. The second-order valence-electron chi connectivity index (χ2n) is 11.3. The molecule has 0 bridgehead atoms. The fourth-order valence-electron chi connectivity index (χ4n) is 5.95. The molecule has 232 valence electrons. The Labute approximate surface area is 260 Å². The van der Waals surface area contributed by atoms with Crippen molar-refractivity contribution in [2.75, 3.05) is 13.1 Å². The van der Waals surface area contributed by atoms with E-state index < -0.39 is 23.5 Å². The molecule has 0 amide bonds. The monoisotopic (exact) mass is 624 g/mol. The molecule has 6 aromatic rings. The number of carbonyl (C=O) groups excluding carboxylic acids is 1. The van der Waals surface area contributed by atoms with Crippen molar-refractivity contribution >= 4 is 28.0 Å². The van der Waals surface area contributed by atoms with Gasteiger partial charge in [-0.05, 0) is 55.3 Å². The summed E-state index contributed by atoms with van der Waals surface area (Å²) in [5.74, 6) is -1.89. The van der Waals surface area contributed by atoms with Crippen molar-refractivity contribution in [1.29, 1.82) is 0 Å². The van der Waals surface area contributed by atoms with Crippen LogP contribution in [0.5, 0.6) is 5.75 Å². The van der Waals surface area contributed by atoms with Gasteiger partial charge in [0.25, 0.3) is 5.56 Å². The number of hydrogen-bond donors (Lipinski definition) is 1. The molecule has 1 fully saturated rings. The summed E-state index contributed by atoms with van der Waals surface area (Å²) in [7, 11) is 0. The molecule has 7 rings (SSSR count). The molecule has 3 aromatic heterocycles. The van der Waals surface area contributed by atoms with Gasteiger partial charge in [-0.15, -0.1) is 0 Å². The summed E-state index contributed by atoms with van der Waals surface area (Å²) in [5, 5.41) is -0.249. The first-order valence-corrected chi connectivity index (χ1v) is 14.8. The predicted molar refractivity (Wildman–Crippen MR) is 166 cm³/mol. The number of pyridine rings is 2. The highest BCUT2D eigenvalue weighted by Gasteiger charge is 2.42. The average molecular weight is 625 g/mol. The summed E-state index contributed by atoms with van der Waals surface area (Å²) in [6.45, 7) is 2.46. The minimum atomic E-state index is -5.27. The first-order valence-electron chi connectivity index (χ1n) is 14.8. The van der Waals surface area contributed by atoms with Crippen LogP contribution in [0.2, 0.25) is 0 Å². The highest BCUT2D eigenvalue weighted by Crippen LogP contribution is 2.42. The number of H-pyrrole nitrogens is 1. The molecule has 3 aromatic carbocycles. The van der Waals surface area contributed by atoms with Gasteiger partial charge in [-0.25, -0.2) is 14.8 Å². The molecule has 8 nitrogen and oxygen atoms in total. The van der Waals surface area contributed by atoms with E-state index in [-0.39, 0.29) is 28.1 Å². The van der Waals surface area contributed by atoms with Crippen molar-refractivity contribution in [1.82, 2.24) is 19.9 Å². The lowest BCUT2D eigenvalue weighted by atomic mass is 9.95. The van der Waals surface area contributed by atoms with E-state index >= 15 is 0 Å². The molecule has 1 aliphatic heterocycles. The van der Waals surface area contributed by atoms with Gasteiger partial charge in [-0.3, -0.25) is 9.69 Å². The number of likely N-dealkylation sites (tertiary alicyclic amines) is 1. The maximum Gasteiger partial charge on any atom is 0.491 e. The fourth-order valence-corrected chi connectivity index (χ4v) is 5.95. The van der Waals surface area contributed by atoms with Gasteiger partial charge in [0.2, 0.25) is 0 Å². The Hall–Kier alpha value is -5.29. The maximum atomic E-state index is 13.4. The number of para-hydroxylation sites is 2. The van der Waals surface area contributed by atoms with Crippen LogP contribution in [-0.4, -0.2) is 45.1 Å². The minimum absolute atomic E-state index is 0.0919. The SMILES string of the molecule is O=C(Oc1c(-c2ccccc2)c(-c2ccc(CN3CCC(c4nc5ccccc5o4)CC3)cc2)nc2cc[nH]c(=O)c12)C(F)(F)F. The number of aromatic nitrogens is 3. The lowest BCUT2D eigenvalue weighted by molar-refractivity contribution is -0.189. The molecule has 0 aliphatic carbocycles. The smallest absolute Gasteiger partial charge is 0.440 e. The van der Waals surface area contributed by atoms with Crippen molar-refractivity contribution in [3.8, 4) is 28.1 Å². The van der Waals surface area contributed by atoms with E-state index in [9.17, 15) is 22.8 Å². The van der Waals surface area contributed by atoms with Gasteiger partial charge in [0.15, 0.2) is 17.2 Å². The number of fused-ring (bicyclic) bond motifs is 2. The number of oxazole rings is 1. The van der Waals surface area contributed by atoms with E-state index in [0.29, 0.717) is 17.7 Å². The Morgan fingerprint density at radius 3 is 2.33 bits per heavy atom. The van der Waals surface area contributed by atoms with Crippen LogP contribution in [0.15, 0.2) is 100 Å². The number of benzene rings is 3. The lowest BCUT2D eigenvalue weighted by Crippen LogP contribution is -2.32. The molecule has 0 unspecified atom stereocenters. The predicted octanol–water partition coefficient (Wildman–Crippen LogP) is 7.25. The third-order valence-electron chi connectivity index (χ3n) is 8.23. The molecular weight excluding hydrogens is 597 g/mol. The number of esters is 1. The molecule has 0 atom stereocenters. The number of nitrogens with zero attached hydrogens (tertiary/aromatic N) is 3. The van der Waals surface area contributed by atoms with Crippen LogP contribution >= 0.6 is 0 Å². The quantitative estimate of drug-likeness (QED) is 0.195. The summed E-state index contributed by atoms with van der Waals surface area (Å²) in [4.78, 5) is 39.1. The zero-order chi connectivity index (χ0) is 31.8.